The molecule has 0 spiro atoms. The van der Waals surface area contributed by atoms with Crippen molar-refractivity contribution >= 4 is 21.6 Å². The molecule has 2 N–H and O–H groups in total. The van der Waals surface area contributed by atoms with Crippen LogP contribution in [0, 0.1) is 10.1 Å². The van der Waals surface area contributed by atoms with Gasteiger partial charge in [0, 0.05) is 19.2 Å². The molecule has 1 amide bonds. The molecule has 0 aliphatic carbocycles. The van der Waals surface area contributed by atoms with E-state index in [-0.39, 0.29) is 23.8 Å². The molecule has 2 rings (SSSR count). The van der Waals surface area contributed by atoms with Crippen LogP contribution in [-0.2, 0) is 26.2 Å². The Morgan fingerprint density at radius 2 is 1.78 bits per heavy atom. The van der Waals surface area contributed by atoms with Gasteiger partial charge in [0.05, 0.1) is 23.0 Å². The standard InChI is InChI=1S/C17H19N3O6S/c1-18-17(21)16(12-26-11-13-5-3-2-4-6-13)19-27(24,25)15-9-7-14(8-10-15)20(22)23/h2-10,16,19H,11-12H2,1H3,(H,18,21)/t16-/m0/s1. The average molecular weight is 393 g/mol. The fourth-order valence-corrected chi connectivity index (χ4v) is 3.39. The van der Waals surface area contributed by atoms with Crippen LogP contribution in [0.25, 0.3) is 0 Å². The third-order valence-electron chi connectivity index (χ3n) is 3.61. The molecule has 0 aromatic heterocycles. The van der Waals surface area contributed by atoms with Gasteiger partial charge in [-0.1, -0.05) is 30.3 Å². The molecule has 9 nitrogen and oxygen atoms in total. The second kappa shape index (κ2) is 9.21. The summed E-state index contributed by atoms with van der Waals surface area (Å²) in [5.41, 5.74) is 0.648. The Labute approximate surface area is 156 Å². The van der Waals surface area contributed by atoms with Crippen LogP contribution in [0.4, 0.5) is 5.69 Å². The molecule has 0 bridgehead atoms. The predicted octanol–water partition coefficient (Wildman–Crippen LogP) is 1.20. The van der Waals surface area contributed by atoms with Crippen LogP contribution in [0.3, 0.4) is 0 Å². The van der Waals surface area contributed by atoms with Crippen molar-refractivity contribution in [2.75, 3.05) is 13.7 Å². The Morgan fingerprint density at radius 1 is 1.15 bits per heavy atom. The Kier molecular flexibility index (Phi) is 6.99. The summed E-state index contributed by atoms with van der Waals surface area (Å²) >= 11 is 0. The Hall–Kier alpha value is -2.82. The van der Waals surface area contributed by atoms with Crippen LogP contribution in [0.2, 0.25) is 0 Å². The maximum absolute atomic E-state index is 12.5. The second-order valence-electron chi connectivity index (χ2n) is 5.54. The molecule has 0 aliphatic heterocycles. The molecule has 144 valence electrons. The topological polar surface area (TPSA) is 128 Å². The lowest BCUT2D eigenvalue weighted by molar-refractivity contribution is -0.384. The molecule has 2 aromatic carbocycles. The lowest BCUT2D eigenvalue weighted by Gasteiger charge is -2.17. The molecular formula is C17H19N3O6S. The van der Waals surface area contributed by atoms with Crippen molar-refractivity contribution in [3.05, 3.63) is 70.3 Å². The van der Waals surface area contributed by atoms with Crippen molar-refractivity contribution < 1.29 is 22.9 Å². The molecule has 10 heteroatoms. The van der Waals surface area contributed by atoms with Crippen LogP contribution in [0.1, 0.15) is 5.56 Å². The number of carbonyl (C=O) groups excluding carboxylic acids is 1. The Balaban J connectivity index is 2.07. The smallest absolute Gasteiger partial charge is 0.269 e. The van der Waals surface area contributed by atoms with Crippen LogP contribution < -0.4 is 10.0 Å². The molecule has 27 heavy (non-hydrogen) atoms. The third-order valence-corrected chi connectivity index (χ3v) is 5.10. The normalized spacial score (nSPS) is 12.3. The molecule has 0 radical (unpaired) electrons. The van der Waals surface area contributed by atoms with Crippen molar-refractivity contribution in [1.29, 1.82) is 0 Å². The highest BCUT2D eigenvalue weighted by atomic mass is 32.2. The van der Waals surface area contributed by atoms with Crippen molar-refractivity contribution in [3.8, 4) is 0 Å². The fourth-order valence-electron chi connectivity index (χ4n) is 2.21. The number of hydrogen-bond acceptors (Lipinski definition) is 6. The lowest BCUT2D eigenvalue weighted by atomic mass is 10.2. The Bertz CT molecular complexity index is 885. The van der Waals surface area contributed by atoms with E-state index in [1.54, 1.807) is 0 Å². The number of carbonyl (C=O) groups is 1. The maximum atomic E-state index is 12.5. The number of likely N-dealkylation sites (N-methyl/N-ethyl adjacent to an activating group) is 1. The number of benzene rings is 2. The summed E-state index contributed by atoms with van der Waals surface area (Å²) in [6.45, 7) is 0.0361. The highest BCUT2D eigenvalue weighted by Gasteiger charge is 2.25. The van der Waals surface area contributed by atoms with E-state index < -0.39 is 26.9 Å². The van der Waals surface area contributed by atoms with E-state index in [2.05, 4.69) is 10.0 Å². The summed E-state index contributed by atoms with van der Waals surface area (Å²) in [7, 11) is -2.68. The molecule has 0 heterocycles. The van der Waals surface area contributed by atoms with Gasteiger partial charge in [0.25, 0.3) is 5.69 Å². The summed E-state index contributed by atoms with van der Waals surface area (Å²) in [5.74, 6) is -0.562. The van der Waals surface area contributed by atoms with E-state index in [4.69, 9.17) is 4.74 Å². The molecule has 0 fully saturated rings. The summed E-state index contributed by atoms with van der Waals surface area (Å²) in [6, 6.07) is 12.4. The van der Waals surface area contributed by atoms with E-state index in [0.29, 0.717) is 0 Å². The van der Waals surface area contributed by atoms with Crippen LogP contribution in [0.5, 0.6) is 0 Å². The third kappa shape index (κ3) is 5.84. The van der Waals surface area contributed by atoms with Gasteiger partial charge in [-0.3, -0.25) is 14.9 Å². The number of ether oxygens (including phenoxy) is 1. The van der Waals surface area contributed by atoms with Crippen molar-refractivity contribution in [3.63, 3.8) is 0 Å². The fraction of sp³-hybridized carbons (Fsp3) is 0.235. The molecule has 0 saturated carbocycles. The minimum atomic E-state index is -4.07. The van der Waals surface area contributed by atoms with E-state index in [9.17, 15) is 23.3 Å². The zero-order chi connectivity index (χ0) is 19.9. The zero-order valence-electron chi connectivity index (χ0n) is 14.5. The number of nitrogens with one attached hydrogen (secondary N) is 2. The molecule has 1 atom stereocenters. The van der Waals surface area contributed by atoms with Gasteiger partial charge >= 0.3 is 0 Å². The number of nitrogens with zero attached hydrogens (tertiary/aromatic N) is 1. The van der Waals surface area contributed by atoms with Gasteiger partial charge in [0.2, 0.25) is 15.9 Å². The van der Waals surface area contributed by atoms with Crippen LogP contribution in [0.15, 0.2) is 59.5 Å². The monoisotopic (exact) mass is 393 g/mol. The Morgan fingerprint density at radius 3 is 2.33 bits per heavy atom. The van der Waals surface area contributed by atoms with Crippen molar-refractivity contribution in [2.24, 2.45) is 0 Å². The molecule has 2 aromatic rings. The zero-order valence-corrected chi connectivity index (χ0v) is 15.3. The number of nitro groups is 1. The molecule has 0 unspecified atom stereocenters. The maximum Gasteiger partial charge on any atom is 0.269 e. The summed E-state index contributed by atoms with van der Waals surface area (Å²) in [5, 5.41) is 13.1. The summed E-state index contributed by atoms with van der Waals surface area (Å²) < 4.78 is 32.6. The first kappa shape index (κ1) is 20.5. The minimum absolute atomic E-state index is 0.180. The number of sulfonamides is 1. The average Bonchev–Trinajstić information content (AvgIpc) is 2.67. The van der Waals surface area contributed by atoms with Gasteiger partial charge in [0.15, 0.2) is 0 Å². The first-order valence-corrected chi connectivity index (χ1v) is 9.42. The van der Waals surface area contributed by atoms with Gasteiger partial charge in [-0.05, 0) is 17.7 Å². The molecule has 0 saturated heterocycles. The quantitative estimate of drug-likeness (QED) is 0.487. The van der Waals surface area contributed by atoms with Crippen LogP contribution in [-0.4, -0.2) is 38.9 Å². The highest BCUT2D eigenvalue weighted by molar-refractivity contribution is 7.89. The van der Waals surface area contributed by atoms with E-state index in [1.807, 2.05) is 30.3 Å². The lowest BCUT2D eigenvalue weighted by Crippen LogP contribution is -2.48. The van der Waals surface area contributed by atoms with Gasteiger partial charge in [0.1, 0.15) is 6.04 Å². The van der Waals surface area contributed by atoms with Gasteiger partial charge in [-0.25, -0.2) is 8.42 Å². The van der Waals surface area contributed by atoms with Crippen LogP contribution >= 0.6 is 0 Å². The van der Waals surface area contributed by atoms with E-state index >= 15 is 0 Å². The van der Waals surface area contributed by atoms with Crippen molar-refractivity contribution in [2.45, 2.75) is 17.5 Å². The summed E-state index contributed by atoms with van der Waals surface area (Å²) in [4.78, 5) is 21.9. The SMILES string of the molecule is CNC(=O)[C@H](COCc1ccccc1)NS(=O)(=O)c1ccc([N+](=O)[O-])cc1. The first-order valence-electron chi connectivity index (χ1n) is 7.93. The number of rotatable bonds is 9. The minimum Gasteiger partial charge on any atom is -0.375 e. The second-order valence-corrected chi connectivity index (χ2v) is 7.25. The van der Waals surface area contributed by atoms with Crippen molar-refractivity contribution in [1.82, 2.24) is 10.0 Å². The van der Waals surface area contributed by atoms with E-state index in [0.717, 1.165) is 29.8 Å². The number of hydrogen-bond donors (Lipinski definition) is 2. The number of amides is 1. The largest absolute Gasteiger partial charge is 0.375 e. The number of nitro benzene ring substituents is 1. The van der Waals surface area contributed by atoms with Gasteiger partial charge < -0.3 is 10.1 Å². The highest BCUT2D eigenvalue weighted by Crippen LogP contribution is 2.16. The van der Waals surface area contributed by atoms with E-state index in [1.165, 1.54) is 7.05 Å². The first-order chi connectivity index (χ1) is 12.8. The van der Waals surface area contributed by atoms with Gasteiger partial charge in [-0.15, -0.1) is 0 Å². The number of non-ortho nitro benzene ring substituents is 1. The summed E-state index contributed by atoms with van der Waals surface area (Å²) in [6.07, 6.45) is 0. The predicted molar refractivity (Wildman–Crippen MR) is 97.4 cm³/mol. The van der Waals surface area contributed by atoms with Gasteiger partial charge in [-0.2, -0.15) is 4.72 Å². The molecule has 0 aliphatic rings. The molecular weight excluding hydrogens is 374 g/mol.